The minimum atomic E-state index is -4.96. The van der Waals surface area contributed by atoms with Crippen LogP contribution in [0.15, 0.2) is 72.3 Å². The highest BCUT2D eigenvalue weighted by atomic mass is 19.4. The third-order valence-electron chi connectivity index (χ3n) is 4.55. The van der Waals surface area contributed by atoms with Gasteiger partial charge in [0.05, 0.1) is 27.9 Å². The Morgan fingerprint density at radius 3 is 1.81 bits per heavy atom. The summed E-state index contributed by atoms with van der Waals surface area (Å²) in [6, 6.07) is 4.76. The number of carbonyl (C=O) groups is 2. The number of carboxylic acid groups (broad SMARTS) is 2. The first-order chi connectivity index (χ1) is 17.0. The summed E-state index contributed by atoms with van der Waals surface area (Å²) in [5.41, 5.74) is 6.25. The Morgan fingerprint density at radius 2 is 1.30 bits per heavy atom. The second-order valence-corrected chi connectivity index (χ2v) is 7.25. The summed E-state index contributed by atoms with van der Waals surface area (Å²) in [4.78, 5) is 22.0. The van der Waals surface area contributed by atoms with Crippen molar-refractivity contribution in [1.82, 2.24) is 0 Å². The Morgan fingerprint density at radius 1 is 0.811 bits per heavy atom. The van der Waals surface area contributed by atoms with Crippen molar-refractivity contribution in [3.63, 3.8) is 0 Å². The van der Waals surface area contributed by atoms with Crippen LogP contribution in [0.1, 0.15) is 31.8 Å². The number of halogens is 6. The Hall–Kier alpha value is -4.66. The van der Waals surface area contributed by atoms with Crippen molar-refractivity contribution < 1.29 is 46.1 Å². The molecule has 0 heterocycles. The van der Waals surface area contributed by atoms with E-state index in [0.29, 0.717) is 17.1 Å². The first kappa shape index (κ1) is 28.6. The van der Waals surface area contributed by atoms with E-state index in [1.54, 1.807) is 0 Å². The van der Waals surface area contributed by atoms with Crippen LogP contribution in [0.5, 0.6) is 0 Å². The van der Waals surface area contributed by atoms with Crippen LogP contribution in [0.25, 0.3) is 0 Å². The van der Waals surface area contributed by atoms with Gasteiger partial charge < -0.3 is 27.0 Å². The molecule has 0 saturated heterocycles. The van der Waals surface area contributed by atoms with Crippen LogP contribution in [-0.2, 0) is 12.4 Å². The van der Waals surface area contributed by atoms with Crippen molar-refractivity contribution in [2.24, 2.45) is 17.3 Å². The van der Waals surface area contributed by atoms with Gasteiger partial charge in [-0.25, -0.2) is 15.4 Å². The number of benzene rings is 2. The molecule has 0 atom stereocenters. The monoisotopic (exact) mass is 531 g/mol. The molecule has 15 heteroatoms. The summed E-state index contributed by atoms with van der Waals surface area (Å²) < 4.78 is 78.8. The number of carboxylic acids is 2. The molecule has 9 nitrogen and oxygen atoms in total. The lowest BCUT2D eigenvalue weighted by Crippen LogP contribution is -2.26. The molecular weight excluding hydrogens is 512 g/mol. The summed E-state index contributed by atoms with van der Waals surface area (Å²) >= 11 is 0. The zero-order valence-electron chi connectivity index (χ0n) is 18.4. The molecule has 2 rings (SSSR count). The number of alkyl halides is 6. The van der Waals surface area contributed by atoms with Crippen molar-refractivity contribution >= 4 is 23.3 Å². The molecule has 2 aromatic rings. The largest absolute Gasteiger partial charge is 0.478 e. The maximum atomic E-state index is 13.2. The SMILES string of the molecule is NC(/C=C\C(N)=C\N(N)c1ccc(C(=O)O)c(C(F)(F)F)c1)=C\Nc1ccc(C(=O)O)c(C(F)(F)F)c1. The van der Waals surface area contributed by atoms with Gasteiger partial charge in [0, 0.05) is 29.5 Å². The van der Waals surface area contributed by atoms with E-state index in [1.807, 2.05) is 0 Å². The normalized spacial score (nSPS) is 13.1. The number of hydrogen-bond acceptors (Lipinski definition) is 7. The van der Waals surface area contributed by atoms with E-state index in [0.717, 1.165) is 36.7 Å². The van der Waals surface area contributed by atoms with Gasteiger partial charge in [0.25, 0.3) is 0 Å². The predicted octanol–water partition coefficient (Wildman–Crippen LogP) is 4.07. The van der Waals surface area contributed by atoms with Gasteiger partial charge in [-0.05, 0) is 48.6 Å². The van der Waals surface area contributed by atoms with Gasteiger partial charge in [0.15, 0.2) is 0 Å². The summed E-state index contributed by atoms with van der Waals surface area (Å²) in [6.07, 6.45) is -5.41. The van der Waals surface area contributed by atoms with Gasteiger partial charge in [-0.3, -0.25) is 5.01 Å². The molecule has 0 aliphatic heterocycles. The minimum Gasteiger partial charge on any atom is -0.478 e. The predicted molar refractivity (Wildman–Crippen MR) is 121 cm³/mol. The number of nitrogens with one attached hydrogen (secondary N) is 1. The van der Waals surface area contributed by atoms with Gasteiger partial charge >= 0.3 is 24.3 Å². The van der Waals surface area contributed by atoms with Gasteiger partial charge in [0.1, 0.15) is 0 Å². The van der Waals surface area contributed by atoms with Crippen LogP contribution in [0.2, 0.25) is 0 Å². The molecule has 0 aliphatic carbocycles. The fourth-order valence-electron chi connectivity index (χ4n) is 2.85. The van der Waals surface area contributed by atoms with E-state index in [1.165, 1.54) is 12.2 Å². The first-order valence-corrected chi connectivity index (χ1v) is 9.81. The average Bonchev–Trinajstić information content (AvgIpc) is 2.79. The number of nitrogens with two attached hydrogens (primary N) is 3. The highest BCUT2D eigenvalue weighted by Gasteiger charge is 2.36. The number of anilines is 2. The Labute approximate surface area is 204 Å². The van der Waals surface area contributed by atoms with E-state index in [4.69, 9.17) is 27.5 Å². The van der Waals surface area contributed by atoms with Crippen LogP contribution in [-0.4, -0.2) is 22.2 Å². The molecule has 9 N–H and O–H groups in total. The molecule has 0 spiro atoms. The summed E-state index contributed by atoms with van der Waals surface area (Å²) in [5, 5.41) is 21.0. The standard InChI is InChI=1S/C22H19F6N5O4/c23-21(24,25)17-7-13(3-5-15(17)19(34)35)32-9-11(29)1-2-12(30)10-33(31)14-4-6-16(20(36)37)18(8-14)22(26,27)28/h1-10,32H,29-31H2,(H,34,35)(H,36,37)/b2-1-,11-9-,12-10-. The summed E-state index contributed by atoms with van der Waals surface area (Å²) in [5.74, 6) is 2.17. The molecule has 0 aromatic heterocycles. The zero-order valence-corrected chi connectivity index (χ0v) is 18.4. The third kappa shape index (κ3) is 7.66. The molecular formula is C22H19F6N5O4. The Bertz CT molecular complexity index is 1290. The van der Waals surface area contributed by atoms with E-state index in [9.17, 15) is 35.9 Å². The number of rotatable bonds is 8. The number of hydrazine groups is 1. The number of nitrogens with zero attached hydrogens (tertiary/aromatic N) is 1. The lowest BCUT2D eigenvalue weighted by atomic mass is 10.1. The zero-order chi connectivity index (χ0) is 28.1. The van der Waals surface area contributed by atoms with Gasteiger partial charge in [-0.2, -0.15) is 26.3 Å². The molecule has 0 unspecified atom stereocenters. The number of aromatic carboxylic acids is 2. The van der Waals surface area contributed by atoms with E-state index >= 15 is 0 Å². The van der Waals surface area contributed by atoms with E-state index < -0.39 is 46.5 Å². The Balaban J connectivity index is 2.18. The van der Waals surface area contributed by atoms with Crippen molar-refractivity contribution in [3.05, 3.63) is 94.6 Å². The van der Waals surface area contributed by atoms with Crippen molar-refractivity contribution in [2.75, 3.05) is 10.3 Å². The fraction of sp³-hybridized carbons (Fsp3) is 0.0909. The topological polar surface area (TPSA) is 168 Å². The van der Waals surface area contributed by atoms with Gasteiger partial charge in [-0.15, -0.1) is 0 Å². The van der Waals surface area contributed by atoms with Crippen molar-refractivity contribution in [1.29, 1.82) is 0 Å². The fourth-order valence-corrected chi connectivity index (χ4v) is 2.85. The van der Waals surface area contributed by atoms with Crippen LogP contribution in [0.3, 0.4) is 0 Å². The molecule has 198 valence electrons. The lowest BCUT2D eigenvalue weighted by molar-refractivity contribution is -0.138. The van der Waals surface area contributed by atoms with Gasteiger partial charge in [0.2, 0.25) is 0 Å². The molecule has 37 heavy (non-hydrogen) atoms. The average molecular weight is 531 g/mol. The Kier molecular flexibility index (Phi) is 8.45. The molecule has 0 bridgehead atoms. The van der Waals surface area contributed by atoms with Crippen LogP contribution >= 0.6 is 0 Å². The molecule has 2 aromatic carbocycles. The van der Waals surface area contributed by atoms with Gasteiger partial charge in [-0.1, -0.05) is 0 Å². The number of hydrogen-bond donors (Lipinski definition) is 6. The van der Waals surface area contributed by atoms with E-state index in [2.05, 4.69) is 5.32 Å². The molecule has 0 amide bonds. The van der Waals surface area contributed by atoms with Crippen molar-refractivity contribution in [2.45, 2.75) is 12.4 Å². The number of allylic oxidation sites excluding steroid dienone is 2. The van der Waals surface area contributed by atoms with Crippen LogP contribution in [0, 0.1) is 0 Å². The van der Waals surface area contributed by atoms with Crippen LogP contribution in [0.4, 0.5) is 37.7 Å². The second kappa shape index (κ2) is 10.9. The summed E-state index contributed by atoms with van der Waals surface area (Å²) in [7, 11) is 0. The smallest absolute Gasteiger partial charge is 0.417 e. The molecule has 0 saturated carbocycles. The highest BCUT2D eigenvalue weighted by molar-refractivity contribution is 5.91. The quantitative estimate of drug-likeness (QED) is 0.127. The van der Waals surface area contributed by atoms with Crippen molar-refractivity contribution in [3.8, 4) is 0 Å². The minimum absolute atomic E-state index is 0.0547. The first-order valence-electron chi connectivity index (χ1n) is 9.81. The molecule has 0 aliphatic rings. The molecule has 0 fully saturated rings. The maximum Gasteiger partial charge on any atom is 0.417 e. The lowest BCUT2D eigenvalue weighted by Gasteiger charge is -2.18. The molecule has 0 radical (unpaired) electrons. The maximum absolute atomic E-state index is 13.2. The van der Waals surface area contributed by atoms with E-state index in [-0.39, 0.29) is 22.8 Å². The summed E-state index contributed by atoms with van der Waals surface area (Å²) in [6.45, 7) is 0. The third-order valence-corrected chi connectivity index (χ3v) is 4.55. The van der Waals surface area contributed by atoms with Crippen LogP contribution < -0.4 is 27.6 Å². The second-order valence-electron chi connectivity index (χ2n) is 7.25. The highest BCUT2D eigenvalue weighted by Crippen LogP contribution is 2.35.